The zero-order chi connectivity index (χ0) is 17.7. The number of hydrogen-bond donors (Lipinski definition) is 2. The summed E-state index contributed by atoms with van der Waals surface area (Å²) in [5.74, 6) is -3.63. The van der Waals surface area contributed by atoms with Crippen molar-refractivity contribution in [1.29, 1.82) is 0 Å². The van der Waals surface area contributed by atoms with Crippen molar-refractivity contribution in [3.63, 3.8) is 0 Å². The van der Waals surface area contributed by atoms with Gasteiger partial charge in [0.1, 0.15) is 5.69 Å². The summed E-state index contributed by atoms with van der Waals surface area (Å²) in [6.07, 6.45) is 1.48. The van der Waals surface area contributed by atoms with Gasteiger partial charge in [-0.25, -0.2) is 13.4 Å². The van der Waals surface area contributed by atoms with Gasteiger partial charge in [0.25, 0.3) is 15.9 Å². The molecule has 1 aromatic heterocycles. The van der Waals surface area contributed by atoms with Gasteiger partial charge in [-0.05, 0) is 25.3 Å². The highest BCUT2D eigenvalue weighted by Crippen LogP contribution is 2.22. The van der Waals surface area contributed by atoms with Crippen LogP contribution >= 0.6 is 11.3 Å². The van der Waals surface area contributed by atoms with E-state index in [9.17, 15) is 22.0 Å². The van der Waals surface area contributed by atoms with Gasteiger partial charge in [0.05, 0.1) is 5.01 Å². The van der Waals surface area contributed by atoms with Crippen LogP contribution in [0.1, 0.15) is 28.3 Å². The number of alkyl halides is 2. The highest BCUT2D eigenvalue weighted by atomic mass is 32.2. The minimum atomic E-state index is -4.51. The highest BCUT2D eigenvalue weighted by molar-refractivity contribution is 7.89. The number of carbonyl (C=O) groups is 1. The first-order chi connectivity index (χ1) is 11.3. The van der Waals surface area contributed by atoms with Crippen LogP contribution in [0.15, 0.2) is 5.38 Å². The number of nitrogens with one attached hydrogen (secondary N) is 1. The molecule has 0 spiro atoms. The standard InChI is InChI=1S/C13H20F2N4O3S2/c14-13(15)24(21,22)19-5-2-9(3-6-19)7-17-12(20)10-8-23-11(18-10)1-4-16/h8-9,13H,1-7,16H2,(H,17,20). The number of nitrogens with zero attached hydrogens (tertiary/aromatic N) is 2. The number of amides is 1. The van der Waals surface area contributed by atoms with Gasteiger partial charge < -0.3 is 11.1 Å². The van der Waals surface area contributed by atoms with E-state index in [2.05, 4.69) is 10.3 Å². The molecule has 0 saturated carbocycles. The molecule has 0 bridgehead atoms. The van der Waals surface area contributed by atoms with Gasteiger partial charge in [-0.1, -0.05) is 0 Å². The van der Waals surface area contributed by atoms with Crippen LogP contribution in [0.25, 0.3) is 0 Å². The molecule has 0 aliphatic carbocycles. The zero-order valence-electron chi connectivity index (χ0n) is 13.0. The van der Waals surface area contributed by atoms with E-state index in [0.29, 0.717) is 38.0 Å². The van der Waals surface area contributed by atoms with Crippen LogP contribution in [-0.2, 0) is 16.4 Å². The molecule has 7 nitrogen and oxygen atoms in total. The lowest BCUT2D eigenvalue weighted by Crippen LogP contribution is -2.43. The third-order valence-electron chi connectivity index (χ3n) is 3.85. The monoisotopic (exact) mass is 382 g/mol. The summed E-state index contributed by atoms with van der Waals surface area (Å²) in [7, 11) is -4.51. The Hall–Kier alpha value is -1.17. The molecule has 0 aromatic carbocycles. The van der Waals surface area contributed by atoms with Gasteiger partial charge in [0.2, 0.25) is 0 Å². The maximum Gasteiger partial charge on any atom is 0.350 e. The molecule has 1 aliphatic rings. The van der Waals surface area contributed by atoms with Crippen molar-refractivity contribution < 1.29 is 22.0 Å². The average molecular weight is 382 g/mol. The summed E-state index contributed by atoms with van der Waals surface area (Å²) in [5.41, 5.74) is 5.77. The second-order valence-corrected chi connectivity index (χ2v) is 8.37. The fraction of sp³-hybridized carbons (Fsp3) is 0.692. The van der Waals surface area contributed by atoms with E-state index >= 15 is 0 Å². The predicted octanol–water partition coefficient (Wildman–Crippen LogP) is 0.638. The minimum Gasteiger partial charge on any atom is -0.350 e. The van der Waals surface area contributed by atoms with Crippen LogP contribution in [0.4, 0.5) is 8.78 Å². The summed E-state index contributed by atoms with van der Waals surface area (Å²) in [5, 5.41) is 5.22. The number of halogens is 2. The van der Waals surface area contributed by atoms with Gasteiger partial charge in [0, 0.05) is 31.4 Å². The molecule has 24 heavy (non-hydrogen) atoms. The topological polar surface area (TPSA) is 105 Å². The van der Waals surface area contributed by atoms with E-state index in [-0.39, 0.29) is 24.9 Å². The van der Waals surface area contributed by atoms with Gasteiger partial charge in [-0.3, -0.25) is 4.79 Å². The Morgan fingerprint density at radius 1 is 1.46 bits per heavy atom. The zero-order valence-corrected chi connectivity index (χ0v) is 14.6. The largest absolute Gasteiger partial charge is 0.350 e. The van der Waals surface area contributed by atoms with Crippen molar-refractivity contribution in [3.05, 3.63) is 16.1 Å². The molecule has 11 heteroatoms. The Balaban J connectivity index is 1.79. The van der Waals surface area contributed by atoms with Crippen molar-refractivity contribution in [2.45, 2.75) is 25.0 Å². The van der Waals surface area contributed by atoms with E-state index in [0.717, 1.165) is 9.31 Å². The first kappa shape index (κ1) is 19.2. The van der Waals surface area contributed by atoms with E-state index in [4.69, 9.17) is 5.73 Å². The Kier molecular flexibility index (Phi) is 6.61. The van der Waals surface area contributed by atoms with Gasteiger partial charge in [-0.15, -0.1) is 11.3 Å². The van der Waals surface area contributed by atoms with E-state index in [1.165, 1.54) is 11.3 Å². The molecule has 136 valence electrons. The van der Waals surface area contributed by atoms with Gasteiger partial charge in [-0.2, -0.15) is 13.1 Å². The number of thiazole rings is 1. The lowest BCUT2D eigenvalue weighted by Gasteiger charge is -2.30. The molecule has 1 amide bonds. The molecule has 2 heterocycles. The fourth-order valence-electron chi connectivity index (χ4n) is 2.46. The molecule has 1 aliphatic heterocycles. The third kappa shape index (κ3) is 4.68. The van der Waals surface area contributed by atoms with Crippen molar-refractivity contribution in [1.82, 2.24) is 14.6 Å². The first-order valence-electron chi connectivity index (χ1n) is 7.54. The number of hydrogen-bond acceptors (Lipinski definition) is 6. The lowest BCUT2D eigenvalue weighted by molar-refractivity contribution is 0.0936. The van der Waals surface area contributed by atoms with Crippen LogP contribution < -0.4 is 11.1 Å². The van der Waals surface area contributed by atoms with Crippen molar-refractivity contribution in [2.75, 3.05) is 26.2 Å². The molecular formula is C13H20F2N4O3S2. The second-order valence-electron chi connectivity index (χ2n) is 5.52. The van der Waals surface area contributed by atoms with E-state index in [1.54, 1.807) is 5.38 Å². The van der Waals surface area contributed by atoms with Crippen LogP contribution in [0.3, 0.4) is 0 Å². The Morgan fingerprint density at radius 3 is 2.71 bits per heavy atom. The summed E-state index contributed by atoms with van der Waals surface area (Å²) < 4.78 is 48.6. The Bertz CT molecular complexity index is 658. The smallest absolute Gasteiger partial charge is 0.350 e. The molecule has 1 aromatic rings. The number of carbonyl (C=O) groups excluding carboxylic acids is 1. The average Bonchev–Trinajstić information content (AvgIpc) is 3.02. The summed E-state index contributed by atoms with van der Waals surface area (Å²) in [6.45, 7) is 0.926. The number of rotatable bonds is 7. The van der Waals surface area contributed by atoms with Gasteiger partial charge >= 0.3 is 5.76 Å². The maximum atomic E-state index is 12.5. The number of piperidine rings is 1. The van der Waals surface area contributed by atoms with Crippen LogP contribution in [0, 0.1) is 5.92 Å². The molecular weight excluding hydrogens is 362 g/mol. The van der Waals surface area contributed by atoms with Crippen molar-refractivity contribution in [3.8, 4) is 0 Å². The van der Waals surface area contributed by atoms with E-state index in [1.807, 2.05) is 0 Å². The summed E-state index contributed by atoms with van der Waals surface area (Å²) >= 11 is 1.37. The molecule has 0 atom stereocenters. The highest BCUT2D eigenvalue weighted by Gasteiger charge is 2.34. The molecule has 2 rings (SSSR count). The molecule has 0 radical (unpaired) electrons. The van der Waals surface area contributed by atoms with E-state index < -0.39 is 15.8 Å². The van der Waals surface area contributed by atoms with Crippen LogP contribution in [0.5, 0.6) is 0 Å². The SMILES string of the molecule is NCCc1nc(C(=O)NCC2CCN(S(=O)(=O)C(F)F)CC2)cs1. The lowest BCUT2D eigenvalue weighted by atomic mass is 9.98. The first-order valence-corrected chi connectivity index (χ1v) is 9.92. The number of sulfonamides is 1. The van der Waals surface area contributed by atoms with Crippen LogP contribution in [-0.4, -0.2) is 55.6 Å². The Morgan fingerprint density at radius 2 is 2.12 bits per heavy atom. The second kappa shape index (κ2) is 8.28. The molecule has 1 saturated heterocycles. The minimum absolute atomic E-state index is 0.0462. The molecule has 1 fully saturated rings. The summed E-state index contributed by atoms with van der Waals surface area (Å²) in [4.78, 5) is 16.2. The predicted molar refractivity (Wildman–Crippen MR) is 86.4 cm³/mol. The maximum absolute atomic E-state index is 12.5. The molecule has 3 N–H and O–H groups in total. The summed E-state index contributed by atoms with van der Waals surface area (Å²) in [6, 6.07) is 0. The van der Waals surface area contributed by atoms with Crippen molar-refractivity contribution in [2.24, 2.45) is 11.7 Å². The normalized spacial score (nSPS) is 17.3. The fourth-order valence-corrected chi connectivity index (χ4v) is 4.20. The van der Waals surface area contributed by atoms with Gasteiger partial charge in [0.15, 0.2) is 0 Å². The number of nitrogens with two attached hydrogens (primary N) is 1. The molecule has 0 unspecified atom stereocenters. The van der Waals surface area contributed by atoms with Crippen molar-refractivity contribution >= 4 is 27.3 Å². The Labute approximate surface area is 143 Å². The quantitative estimate of drug-likeness (QED) is 0.720. The number of aromatic nitrogens is 1. The van der Waals surface area contributed by atoms with Crippen LogP contribution in [0.2, 0.25) is 0 Å². The third-order valence-corrected chi connectivity index (χ3v) is 6.30.